The highest BCUT2D eigenvalue weighted by Gasteiger charge is 2.24. The van der Waals surface area contributed by atoms with Crippen molar-refractivity contribution in [2.45, 2.75) is 38.8 Å². The normalized spacial score (nSPS) is 13.0. The molecular formula is C15H20FN3O3. The van der Waals surface area contributed by atoms with Crippen molar-refractivity contribution in [3.8, 4) is 0 Å². The van der Waals surface area contributed by atoms with Gasteiger partial charge in [-0.3, -0.25) is 14.4 Å². The van der Waals surface area contributed by atoms with Crippen molar-refractivity contribution in [2.75, 3.05) is 0 Å². The van der Waals surface area contributed by atoms with Crippen LogP contribution >= 0.6 is 0 Å². The third-order valence-corrected chi connectivity index (χ3v) is 3.09. The van der Waals surface area contributed by atoms with Crippen LogP contribution in [-0.4, -0.2) is 29.8 Å². The van der Waals surface area contributed by atoms with E-state index in [0.717, 1.165) is 0 Å². The van der Waals surface area contributed by atoms with Crippen LogP contribution in [0.3, 0.4) is 0 Å². The largest absolute Gasteiger partial charge is 0.368 e. The van der Waals surface area contributed by atoms with Gasteiger partial charge in [-0.05, 0) is 24.1 Å². The molecular weight excluding hydrogens is 289 g/mol. The molecule has 4 N–H and O–H groups in total. The predicted molar refractivity (Wildman–Crippen MR) is 79.1 cm³/mol. The molecule has 0 aliphatic heterocycles. The Balaban J connectivity index is 2.85. The van der Waals surface area contributed by atoms with Crippen LogP contribution in [0.4, 0.5) is 4.39 Å². The summed E-state index contributed by atoms with van der Waals surface area (Å²) in [4.78, 5) is 34.6. The molecule has 0 saturated heterocycles. The van der Waals surface area contributed by atoms with Crippen LogP contribution < -0.4 is 16.4 Å². The highest BCUT2D eigenvalue weighted by Crippen LogP contribution is 2.07. The van der Waals surface area contributed by atoms with Gasteiger partial charge in [0, 0.05) is 13.3 Å². The summed E-state index contributed by atoms with van der Waals surface area (Å²) in [5.74, 6) is -2.01. The van der Waals surface area contributed by atoms with Crippen LogP contribution in [0.25, 0.3) is 0 Å². The molecule has 0 radical (unpaired) electrons. The first-order chi connectivity index (χ1) is 10.3. The van der Waals surface area contributed by atoms with E-state index < -0.39 is 35.6 Å². The minimum absolute atomic E-state index is 0.109. The first kappa shape index (κ1) is 17.6. The van der Waals surface area contributed by atoms with E-state index in [1.54, 1.807) is 13.0 Å². The lowest BCUT2D eigenvalue weighted by Gasteiger charge is -2.21. The lowest BCUT2D eigenvalue weighted by Crippen LogP contribution is -2.53. The maximum Gasteiger partial charge on any atom is 0.243 e. The molecule has 1 aromatic rings. The van der Waals surface area contributed by atoms with E-state index in [2.05, 4.69) is 10.6 Å². The van der Waals surface area contributed by atoms with Crippen molar-refractivity contribution < 1.29 is 18.8 Å². The fourth-order valence-corrected chi connectivity index (χ4v) is 2.00. The van der Waals surface area contributed by atoms with Crippen LogP contribution in [0, 0.1) is 5.82 Å². The van der Waals surface area contributed by atoms with E-state index in [0.29, 0.717) is 12.0 Å². The average Bonchev–Trinajstić information content (AvgIpc) is 2.43. The van der Waals surface area contributed by atoms with Crippen LogP contribution in [-0.2, 0) is 20.8 Å². The quantitative estimate of drug-likeness (QED) is 0.673. The number of benzene rings is 1. The van der Waals surface area contributed by atoms with Crippen molar-refractivity contribution in [3.05, 3.63) is 35.6 Å². The number of rotatable bonds is 7. The molecule has 0 aliphatic carbocycles. The zero-order valence-electron chi connectivity index (χ0n) is 12.6. The molecule has 6 nitrogen and oxygen atoms in total. The van der Waals surface area contributed by atoms with E-state index in [1.165, 1.54) is 25.1 Å². The number of amides is 3. The Kier molecular flexibility index (Phi) is 6.49. The standard InChI is InChI=1S/C15H20FN3O3/c1-3-12(14(17)21)19-15(22)13(18-9(2)20)8-10-5-4-6-11(16)7-10/h4-7,12-13H,3,8H2,1-2H3,(H2,17,21)(H,18,20)(H,19,22)/t12-,13+/m0/s1. The molecule has 22 heavy (non-hydrogen) atoms. The highest BCUT2D eigenvalue weighted by atomic mass is 19.1. The van der Waals surface area contributed by atoms with Gasteiger partial charge >= 0.3 is 0 Å². The molecule has 3 amide bonds. The molecule has 0 fully saturated rings. The Labute approximate surface area is 128 Å². The molecule has 2 atom stereocenters. The van der Waals surface area contributed by atoms with Crippen LogP contribution in [0.2, 0.25) is 0 Å². The topological polar surface area (TPSA) is 101 Å². The average molecular weight is 309 g/mol. The Bertz CT molecular complexity index is 563. The minimum atomic E-state index is -0.910. The fraction of sp³-hybridized carbons (Fsp3) is 0.400. The maximum absolute atomic E-state index is 13.2. The molecule has 120 valence electrons. The summed E-state index contributed by atoms with van der Waals surface area (Å²) in [5.41, 5.74) is 5.74. The molecule has 0 unspecified atom stereocenters. The maximum atomic E-state index is 13.2. The number of carbonyl (C=O) groups is 3. The summed E-state index contributed by atoms with van der Waals surface area (Å²) in [6, 6.07) is 4.02. The summed E-state index contributed by atoms with van der Waals surface area (Å²) in [7, 11) is 0. The lowest BCUT2D eigenvalue weighted by atomic mass is 10.0. The van der Waals surface area contributed by atoms with E-state index in [9.17, 15) is 18.8 Å². The smallest absolute Gasteiger partial charge is 0.243 e. The molecule has 1 rings (SSSR count). The Morgan fingerprint density at radius 2 is 1.91 bits per heavy atom. The zero-order chi connectivity index (χ0) is 16.7. The van der Waals surface area contributed by atoms with E-state index in [-0.39, 0.29) is 6.42 Å². The fourth-order valence-electron chi connectivity index (χ4n) is 2.00. The van der Waals surface area contributed by atoms with E-state index in [4.69, 9.17) is 5.73 Å². The molecule has 0 aliphatic rings. The van der Waals surface area contributed by atoms with Gasteiger partial charge < -0.3 is 16.4 Å². The number of primary amides is 1. The van der Waals surface area contributed by atoms with Gasteiger partial charge in [-0.15, -0.1) is 0 Å². The number of hydrogen-bond donors (Lipinski definition) is 3. The summed E-state index contributed by atoms with van der Waals surface area (Å²) in [5, 5.41) is 4.97. The second-order valence-electron chi connectivity index (χ2n) is 4.96. The molecule has 0 bridgehead atoms. The second-order valence-corrected chi connectivity index (χ2v) is 4.96. The number of nitrogens with two attached hydrogens (primary N) is 1. The van der Waals surface area contributed by atoms with Crippen molar-refractivity contribution in [3.63, 3.8) is 0 Å². The van der Waals surface area contributed by atoms with E-state index >= 15 is 0 Å². The molecule has 0 saturated carbocycles. The molecule has 7 heteroatoms. The third kappa shape index (κ3) is 5.51. The SMILES string of the molecule is CC[C@H](NC(=O)[C@@H](Cc1cccc(F)c1)NC(C)=O)C(N)=O. The zero-order valence-corrected chi connectivity index (χ0v) is 12.6. The molecule has 0 heterocycles. The van der Waals surface area contributed by atoms with Gasteiger partial charge in [-0.2, -0.15) is 0 Å². The van der Waals surface area contributed by atoms with Crippen molar-refractivity contribution in [1.29, 1.82) is 0 Å². The number of nitrogens with one attached hydrogen (secondary N) is 2. The van der Waals surface area contributed by atoms with Gasteiger partial charge in [0.05, 0.1) is 0 Å². The Morgan fingerprint density at radius 3 is 2.41 bits per heavy atom. The Hall–Kier alpha value is -2.44. The van der Waals surface area contributed by atoms with Crippen molar-refractivity contribution in [2.24, 2.45) is 5.73 Å². The number of hydrogen-bond acceptors (Lipinski definition) is 3. The molecule has 1 aromatic carbocycles. The van der Waals surface area contributed by atoms with Gasteiger partial charge in [-0.1, -0.05) is 19.1 Å². The predicted octanol–water partition coefficient (Wildman–Crippen LogP) is 0.253. The summed E-state index contributed by atoms with van der Waals surface area (Å²) in [6.45, 7) is 2.98. The first-order valence-electron chi connectivity index (χ1n) is 6.94. The molecule has 0 aromatic heterocycles. The summed E-state index contributed by atoms with van der Waals surface area (Å²) < 4.78 is 13.2. The van der Waals surface area contributed by atoms with Gasteiger partial charge in [-0.25, -0.2) is 4.39 Å². The van der Waals surface area contributed by atoms with Gasteiger partial charge in [0.2, 0.25) is 17.7 Å². The molecule has 0 spiro atoms. The summed E-state index contributed by atoms with van der Waals surface area (Å²) in [6.07, 6.45) is 0.451. The Morgan fingerprint density at radius 1 is 1.23 bits per heavy atom. The highest BCUT2D eigenvalue weighted by molar-refractivity contribution is 5.91. The van der Waals surface area contributed by atoms with Gasteiger partial charge in [0.15, 0.2) is 0 Å². The van der Waals surface area contributed by atoms with Crippen molar-refractivity contribution in [1.82, 2.24) is 10.6 Å². The van der Waals surface area contributed by atoms with Crippen molar-refractivity contribution >= 4 is 17.7 Å². The third-order valence-electron chi connectivity index (χ3n) is 3.09. The first-order valence-corrected chi connectivity index (χ1v) is 6.94. The van der Waals surface area contributed by atoms with Crippen LogP contribution in [0.15, 0.2) is 24.3 Å². The minimum Gasteiger partial charge on any atom is -0.368 e. The van der Waals surface area contributed by atoms with E-state index in [1.807, 2.05) is 0 Å². The number of carbonyl (C=O) groups excluding carboxylic acids is 3. The second kappa shape index (κ2) is 8.11. The monoisotopic (exact) mass is 309 g/mol. The lowest BCUT2D eigenvalue weighted by molar-refractivity contribution is -0.130. The summed E-state index contributed by atoms with van der Waals surface area (Å²) >= 11 is 0. The van der Waals surface area contributed by atoms with Crippen LogP contribution in [0.1, 0.15) is 25.8 Å². The van der Waals surface area contributed by atoms with Gasteiger partial charge in [0.25, 0.3) is 0 Å². The van der Waals surface area contributed by atoms with Gasteiger partial charge in [0.1, 0.15) is 17.9 Å². The number of halogens is 1. The van der Waals surface area contributed by atoms with Crippen LogP contribution in [0.5, 0.6) is 0 Å².